The van der Waals surface area contributed by atoms with E-state index in [9.17, 15) is 24.6 Å². The molecule has 3 amide bonds. The zero-order valence-corrected chi connectivity index (χ0v) is 42.4. The summed E-state index contributed by atoms with van der Waals surface area (Å²) < 4.78 is 24.0. The Balaban J connectivity index is 0.671. The van der Waals surface area contributed by atoms with Crippen LogP contribution in [-0.4, -0.2) is 140 Å². The Kier molecular flexibility index (Phi) is 16.0. The molecule has 3 aromatic heterocycles. The van der Waals surface area contributed by atoms with Crippen molar-refractivity contribution in [1.82, 2.24) is 40.4 Å². The van der Waals surface area contributed by atoms with Gasteiger partial charge in [-0.05, 0) is 78.7 Å². The van der Waals surface area contributed by atoms with Gasteiger partial charge in [0.1, 0.15) is 30.0 Å². The van der Waals surface area contributed by atoms with Gasteiger partial charge in [0.2, 0.25) is 11.8 Å². The number of β-amino-alcohol motifs (C(OH)–C–C–N with tert-alkyl or cyclic N) is 1. The van der Waals surface area contributed by atoms with E-state index in [1.165, 1.54) is 4.90 Å². The number of nitrogens with zero attached hydrogens (tertiary/aromatic N) is 7. The fourth-order valence-corrected chi connectivity index (χ4v) is 10.5. The summed E-state index contributed by atoms with van der Waals surface area (Å²) in [7, 11) is 0. The number of amides is 3. The number of aryl methyl sites for hydroxylation is 1. The van der Waals surface area contributed by atoms with Gasteiger partial charge >= 0.3 is 0 Å². The van der Waals surface area contributed by atoms with Crippen molar-refractivity contribution in [3.05, 3.63) is 119 Å². The molecule has 18 nitrogen and oxygen atoms in total. The van der Waals surface area contributed by atoms with Crippen molar-refractivity contribution < 1.29 is 43.3 Å². The number of aliphatic hydroxyl groups is 1. The van der Waals surface area contributed by atoms with E-state index in [0.29, 0.717) is 67.6 Å². The van der Waals surface area contributed by atoms with Crippen molar-refractivity contribution in [1.29, 1.82) is 0 Å². The first-order valence-corrected chi connectivity index (χ1v) is 25.8. The normalized spacial score (nSPS) is 18.4. The van der Waals surface area contributed by atoms with Crippen LogP contribution in [0.4, 0.5) is 5.82 Å². The first-order chi connectivity index (χ1) is 35.3. The number of nitrogens with one attached hydrogen (secondary N) is 1. The highest BCUT2D eigenvalue weighted by Crippen LogP contribution is 2.34. The molecule has 0 spiro atoms. The zero-order chi connectivity index (χ0) is 51.2. The Morgan fingerprint density at radius 1 is 0.918 bits per heavy atom. The Hall–Kier alpha value is -6.93. The number of aromatic hydroxyl groups is 1. The van der Waals surface area contributed by atoms with Gasteiger partial charge in [0.15, 0.2) is 17.3 Å². The number of phenolic OH excluding ortho intramolecular Hbond substituents is 1. The smallest absolute Gasteiger partial charge is 0.254 e. The van der Waals surface area contributed by atoms with E-state index in [-0.39, 0.29) is 72.3 Å². The fraction of sp³-hybridized carbons (Fsp3) is 0.426. The summed E-state index contributed by atoms with van der Waals surface area (Å²) in [4.78, 5) is 52.3. The Morgan fingerprint density at radius 2 is 1.67 bits per heavy atom. The molecule has 3 saturated heterocycles. The lowest BCUT2D eigenvalue weighted by atomic mass is 9.91. The number of anilines is 1. The van der Waals surface area contributed by atoms with Gasteiger partial charge in [0.05, 0.1) is 47.0 Å². The molecule has 0 aliphatic carbocycles. The van der Waals surface area contributed by atoms with E-state index < -0.39 is 18.1 Å². The Bertz CT molecular complexity index is 2840. The summed E-state index contributed by atoms with van der Waals surface area (Å²) in [5, 5.41) is 36.2. The van der Waals surface area contributed by atoms with Crippen LogP contribution in [0.25, 0.3) is 21.7 Å². The fourth-order valence-electron chi connectivity index (χ4n) is 9.74. The van der Waals surface area contributed by atoms with E-state index in [2.05, 4.69) is 30.6 Å². The molecule has 6 heterocycles. The van der Waals surface area contributed by atoms with E-state index in [1.54, 1.807) is 47.7 Å². The lowest BCUT2D eigenvalue weighted by Gasteiger charge is -2.42. The van der Waals surface area contributed by atoms with Gasteiger partial charge in [-0.1, -0.05) is 62.4 Å². The minimum Gasteiger partial charge on any atom is -0.507 e. The lowest BCUT2D eigenvalue weighted by molar-refractivity contribution is -0.141. The zero-order valence-electron chi connectivity index (χ0n) is 41.6. The predicted molar refractivity (Wildman–Crippen MR) is 274 cm³/mol. The molecule has 0 radical (unpaired) electrons. The van der Waals surface area contributed by atoms with Crippen molar-refractivity contribution in [3.8, 4) is 39.1 Å². The maximum atomic E-state index is 14.2. The van der Waals surface area contributed by atoms with Gasteiger partial charge in [-0.3, -0.25) is 19.3 Å². The number of phenols is 1. The number of ether oxygens (including phenoxy) is 3. The van der Waals surface area contributed by atoms with Gasteiger partial charge in [-0.25, -0.2) is 4.98 Å². The largest absolute Gasteiger partial charge is 0.507 e. The molecule has 4 atom stereocenters. The topological polar surface area (TPSA) is 232 Å². The van der Waals surface area contributed by atoms with Crippen LogP contribution in [0.3, 0.4) is 0 Å². The molecular formula is C54H63N9O9S. The number of rotatable bonds is 19. The number of carbonyl (C=O) groups is 3. The number of likely N-dealkylation sites (tertiary alicyclic amines) is 3. The number of piperidine rings is 1. The molecule has 384 valence electrons. The molecule has 3 aromatic carbocycles. The minimum atomic E-state index is -0.840. The van der Waals surface area contributed by atoms with Crippen LogP contribution in [0.2, 0.25) is 0 Å². The molecule has 6 aromatic rings. The molecule has 19 heteroatoms. The molecule has 5 N–H and O–H groups in total. The summed E-state index contributed by atoms with van der Waals surface area (Å²) in [5.41, 5.74) is 13.4. The summed E-state index contributed by atoms with van der Waals surface area (Å²) in [6, 6.07) is 24.6. The predicted octanol–water partition coefficient (Wildman–Crippen LogP) is 6.44. The molecule has 3 aliphatic heterocycles. The highest BCUT2D eigenvalue weighted by molar-refractivity contribution is 7.13. The monoisotopic (exact) mass is 1010 g/mol. The third kappa shape index (κ3) is 12.1. The van der Waals surface area contributed by atoms with Crippen LogP contribution in [-0.2, 0) is 20.7 Å². The molecule has 3 aliphatic rings. The second-order valence-electron chi connectivity index (χ2n) is 19.5. The Morgan fingerprint density at radius 3 is 2.38 bits per heavy atom. The van der Waals surface area contributed by atoms with Crippen LogP contribution in [0.1, 0.15) is 84.9 Å². The molecular weight excluding hydrogens is 951 g/mol. The van der Waals surface area contributed by atoms with Gasteiger partial charge in [0.25, 0.3) is 11.8 Å². The standard InChI is InChI=1S/C54H63N9O9S/c1-32(2)49(54(68)63-28-39(64)25-44(63)52(66)57-33(3)36-13-15-37(16-14-36)50-34(4)56-31-73-50)46-27-48(60-72-46)70-24-22-61-29-41(30-61)71-40-17-20-62(21-18-40)53(67)38-11-9-35(10-12-38)19-23-69-47-26-43(58-59-51(47)55)42-7-5-6-8-45(42)65/h5-16,26-27,31-33,39-41,44,49,64-65H,17-25,28-30H2,1-4H3,(H2,55,59)(H,57,66)/t33-,39+,44-,49+/m0/s1. The number of aliphatic hydroxyl groups excluding tert-OH is 1. The lowest BCUT2D eigenvalue weighted by Crippen LogP contribution is -2.55. The van der Waals surface area contributed by atoms with Crippen molar-refractivity contribution >= 4 is 34.9 Å². The third-order valence-corrected chi connectivity index (χ3v) is 14.9. The van der Waals surface area contributed by atoms with Crippen LogP contribution in [0, 0.1) is 12.8 Å². The number of hydrogen-bond acceptors (Lipinski definition) is 16. The van der Waals surface area contributed by atoms with Crippen molar-refractivity contribution in [2.75, 3.05) is 58.2 Å². The average molecular weight is 1010 g/mol. The molecule has 0 saturated carbocycles. The van der Waals surface area contributed by atoms with E-state index >= 15 is 0 Å². The first-order valence-electron chi connectivity index (χ1n) is 25.0. The third-order valence-electron chi connectivity index (χ3n) is 13.9. The van der Waals surface area contributed by atoms with Crippen LogP contribution in [0.15, 0.2) is 95.0 Å². The van der Waals surface area contributed by atoms with Gasteiger partial charge in [-0.2, -0.15) is 0 Å². The number of carbonyl (C=O) groups excluding carboxylic acids is 3. The number of para-hydroxylation sites is 1. The Labute approximate surface area is 428 Å². The van der Waals surface area contributed by atoms with E-state index in [0.717, 1.165) is 53.2 Å². The van der Waals surface area contributed by atoms with E-state index in [4.69, 9.17) is 24.5 Å². The van der Waals surface area contributed by atoms with Crippen molar-refractivity contribution in [3.63, 3.8) is 0 Å². The van der Waals surface area contributed by atoms with Gasteiger partial charge in [0, 0.05) is 75.4 Å². The molecule has 0 bridgehead atoms. The maximum absolute atomic E-state index is 14.2. The van der Waals surface area contributed by atoms with Gasteiger partial charge in [-0.15, -0.1) is 21.5 Å². The molecule has 9 rings (SSSR count). The van der Waals surface area contributed by atoms with Crippen LogP contribution >= 0.6 is 11.3 Å². The number of benzene rings is 3. The molecule has 0 unspecified atom stereocenters. The SMILES string of the molecule is Cc1ncsc1-c1ccc([C@H](C)NC(=O)[C@@H]2C[C@@H](O)CN2C(=O)[C@@H](c2cc(OCCN3CC(OC4CCN(C(=O)c5ccc(CCOc6cc(-c7ccccc7O)nnc6N)cc5)CC4)C3)no2)C(C)C)cc1. The second kappa shape index (κ2) is 22.9. The number of nitrogen functional groups attached to an aromatic ring is 1. The summed E-state index contributed by atoms with van der Waals surface area (Å²) in [6.07, 6.45) is 1.61. The number of nitrogens with two attached hydrogens (primary N) is 1. The van der Waals surface area contributed by atoms with Crippen LogP contribution in [0.5, 0.6) is 17.4 Å². The average Bonchev–Trinajstić information content (AvgIpc) is 4.14. The maximum Gasteiger partial charge on any atom is 0.254 e. The second-order valence-corrected chi connectivity index (χ2v) is 20.3. The number of aromatic nitrogens is 4. The minimum absolute atomic E-state index is 0.000597. The van der Waals surface area contributed by atoms with Crippen molar-refractivity contribution in [2.45, 2.75) is 89.7 Å². The number of hydrogen-bond donors (Lipinski definition) is 4. The molecule has 3 fully saturated rings. The summed E-state index contributed by atoms with van der Waals surface area (Å²) in [5.74, 6) is -0.313. The van der Waals surface area contributed by atoms with Gasteiger partial charge < -0.3 is 49.8 Å². The van der Waals surface area contributed by atoms with E-state index in [1.807, 2.05) is 86.6 Å². The number of thiazole rings is 1. The summed E-state index contributed by atoms with van der Waals surface area (Å²) >= 11 is 1.58. The van der Waals surface area contributed by atoms with Crippen LogP contribution < -0.4 is 20.5 Å². The highest BCUT2D eigenvalue weighted by atomic mass is 32.1. The van der Waals surface area contributed by atoms with Crippen molar-refractivity contribution in [2.24, 2.45) is 5.92 Å². The summed E-state index contributed by atoms with van der Waals surface area (Å²) in [6.45, 7) is 11.9. The quantitative estimate of drug-likeness (QED) is 0.0684. The molecule has 73 heavy (non-hydrogen) atoms. The highest BCUT2D eigenvalue weighted by Gasteiger charge is 2.44. The first kappa shape index (κ1) is 51.0.